The molecule has 1 aromatic heterocycles. The zero-order valence-electron chi connectivity index (χ0n) is 20.1. The number of likely N-dealkylation sites (tertiary alicyclic amines) is 1. The van der Waals surface area contributed by atoms with E-state index in [1.54, 1.807) is 36.4 Å². The molecule has 0 radical (unpaired) electrons. The van der Waals surface area contributed by atoms with Crippen LogP contribution in [0.1, 0.15) is 41.1 Å². The average molecular weight is 484 g/mol. The van der Waals surface area contributed by atoms with E-state index in [0.717, 1.165) is 26.1 Å². The molecule has 3 rings (SSSR count). The van der Waals surface area contributed by atoms with Gasteiger partial charge in [-0.15, -0.1) is 0 Å². The quantitative estimate of drug-likeness (QED) is 0.311. The lowest BCUT2D eigenvalue weighted by atomic mass is 10.2. The summed E-state index contributed by atoms with van der Waals surface area (Å²) >= 11 is 0. The number of hydrogen-bond acceptors (Lipinski definition) is 8. The van der Waals surface area contributed by atoms with E-state index in [1.807, 2.05) is 13.8 Å². The van der Waals surface area contributed by atoms with Crippen molar-refractivity contribution in [2.45, 2.75) is 26.4 Å². The van der Waals surface area contributed by atoms with Crippen molar-refractivity contribution in [3.05, 3.63) is 54.1 Å². The van der Waals surface area contributed by atoms with Gasteiger partial charge in [-0.25, -0.2) is 20.1 Å². The van der Waals surface area contributed by atoms with Gasteiger partial charge in [0.15, 0.2) is 0 Å². The fraction of sp³-hybridized carbons (Fsp3) is 0.375. The molecule has 0 saturated carbocycles. The number of carbonyl (C=O) groups is 2. The molecule has 1 aromatic carbocycles. The summed E-state index contributed by atoms with van der Waals surface area (Å²) in [6.45, 7) is 6.33. The Morgan fingerprint density at radius 3 is 2.60 bits per heavy atom. The number of carbonyl (C=O) groups excluding carboxylic acids is 2. The van der Waals surface area contributed by atoms with E-state index in [0.29, 0.717) is 18.1 Å². The SMILES string of the molecule is CCN/C=C\C(=[NH2+])NC(=O)c1cc(Oc2cnc(C(=O)N3CCC3)cn2)cc(O[C@@H](C)COC)c1. The summed E-state index contributed by atoms with van der Waals surface area (Å²) in [6.07, 6.45) is 6.66. The van der Waals surface area contributed by atoms with Gasteiger partial charge >= 0.3 is 5.91 Å². The van der Waals surface area contributed by atoms with Gasteiger partial charge in [-0.1, -0.05) is 0 Å². The zero-order valence-corrected chi connectivity index (χ0v) is 20.1. The molecule has 0 spiro atoms. The van der Waals surface area contributed by atoms with Crippen molar-refractivity contribution in [3.8, 4) is 17.4 Å². The van der Waals surface area contributed by atoms with Crippen LogP contribution in [-0.4, -0.2) is 72.0 Å². The second-order valence-electron chi connectivity index (χ2n) is 7.87. The van der Waals surface area contributed by atoms with Crippen molar-refractivity contribution in [1.82, 2.24) is 25.5 Å². The van der Waals surface area contributed by atoms with Crippen LogP contribution in [0.3, 0.4) is 0 Å². The number of methoxy groups -OCH3 is 1. The van der Waals surface area contributed by atoms with E-state index in [2.05, 4.69) is 20.6 Å². The Morgan fingerprint density at radius 1 is 1.20 bits per heavy atom. The fourth-order valence-corrected chi connectivity index (χ4v) is 3.12. The van der Waals surface area contributed by atoms with Crippen molar-refractivity contribution in [1.29, 1.82) is 0 Å². The minimum Gasteiger partial charge on any atom is -0.488 e. The lowest BCUT2D eigenvalue weighted by Crippen LogP contribution is -2.49. The van der Waals surface area contributed by atoms with E-state index in [9.17, 15) is 9.59 Å². The highest BCUT2D eigenvalue weighted by Gasteiger charge is 2.23. The molecule has 2 aromatic rings. The molecule has 186 valence electrons. The first-order valence-corrected chi connectivity index (χ1v) is 11.3. The van der Waals surface area contributed by atoms with Crippen molar-refractivity contribution in [2.24, 2.45) is 0 Å². The summed E-state index contributed by atoms with van der Waals surface area (Å²) < 4.78 is 16.8. The summed E-state index contributed by atoms with van der Waals surface area (Å²) in [6, 6.07) is 4.74. The molecule has 4 N–H and O–H groups in total. The summed E-state index contributed by atoms with van der Waals surface area (Å²) in [5, 5.41) is 11.5. The minimum absolute atomic E-state index is 0.159. The second kappa shape index (κ2) is 12.5. The molecule has 1 aliphatic heterocycles. The van der Waals surface area contributed by atoms with E-state index >= 15 is 0 Å². The Bertz CT molecular complexity index is 1070. The van der Waals surface area contributed by atoms with Gasteiger partial charge < -0.3 is 24.4 Å². The number of aromatic nitrogens is 2. The highest BCUT2D eigenvalue weighted by Crippen LogP contribution is 2.27. The number of ether oxygens (including phenoxy) is 3. The molecule has 2 heterocycles. The molecule has 2 amide bonds. The smallest absolute Gasteiger partial charge is 0.339 e. The summed E-state index contributed by atoms with van der Waals surface area (Å²) in [4.78, 5) is 35.1. The Balaban J connectivity index is 1.77. The summed E-state index contributed by atoms with van der Waals surface area (Å²) in [5.41, 5.74) is 0.513. The Hall–Kier alpha value is -3.99. The van der Waals surface area contributed by atoms with Gasteiger partial charge in [-0.05, 0) is 32.4 Å². The van der Waals surface area contributed by atoms with Gasteiger partial charge in [0.25, 0.3) is 11.7 Å². The number of hydrogen-bond donors (Lipinski definition) is 3. The van der Waals surface area contributed by atoms with Crippen LogP contribution in [-0.2, 0) is 4.74 Å². The number of rotatable bonds is 11. The van der Waals surface area contributed by atoms with Crippen molar-refractivity contribution < 1.29 is 29.2 Å². The van der Waals surface area contributed by atoms with E-state index in [1.165, 1.54) is 18.5 Å². The molecule has 1 aliphatic rings. The van der Waals surface area contributed by atoms with Crippen LogP contribution in [0.15, 0.2) is 42.9 Å². The van der Waals surface area contributed by atoms with Crippen LogP contribution < -0.4 is 25.5 Å². The monoisotopic (exact) mass is 483 g/mol. The maximum absolute atomic E-state index is 12.8. The first-order chi connectivity index (χ1) is 16.9. The third-order valence-corrected chi connectivity index (χ3v) is 4.94. The maximum atomic E-state index is 12.8. The number of benzene rings is 1. The van der Waals surface area contributed by atoms with Gasteiger partial charge in [0, 0.05) is 45.1 Å². The van der Waals surface area contributed by atoms with Gasteiger partial charge in [-0.3, -0.25) is 10.2 Å². The van der Waals surface area contributed by atoms with Crippen LogP contribution in [0.5, 0.6) is 17.4 Å². The fourth-order valence-electron chi connectivity index (χ4n) is 3.12. The van der Waals surface area contributed by atoms with Crippen LogP contribution in [0.4, 0.5) is 0 Å². The predicted molar refractivity (Wildman–Crippen MR) is 128 cm³/mol. The first kappa shape index (κ1) is 25.6. The Morgan fingerprint density at radius 2 is 1.97 bits per heavy atom. The average Bonchev–Trinajstić information content (AvgIpc) is 2.78. The zero-order chi connectivity index (χ0) is 25.2. The van der Waals surface area contributed by atoms with E-state index in [-0.39, 0.29) is 35.0 Å². The third kappa shape index (κ3) is 7.51. The molecule has 0 bridgehead atoms. The van der Waals surface area contributed by atoms with Crippen LogP contribution in [0.2, 0.25) is 0 Å². The second-order valence-corrected chi connectivity index (χ2v) is 7.87. The summed E-state index contributed by atoms with van der Waals surface area (Å²) in [7, 11) is 1.58. The van der Waals surface area contributed by atoms with Gasteiger partial charge in [0.2, 0.25) is 5.88 Å². The van der Waals surface area contributed by atoms with Gasteiger partial charge in [0.1, 0.15) is 23.3 Å². The number of amidine groups is 1. The summed E-state index contributed by atoms with van der Waals surface area (Å²) in [5.74, 6) is 0.435. The molecular weight excluding hydrogens is 452 g/mol. The molecule has 1 saturated heterocycles. The molecule has 0 unspecified atom stereocenters. The van der Waals surface area contributed by atoms with Crippen molar-refractivity contribution >= 4 is 17.6 Å². The molecule has 11 nitrogen and oxygen atoms in total. The first-order valence-electron chi connectivity index (χ1n) is 11.3. The predicted octanol–water partition coefficient (Wildman–Crippen LogP) is 0.539. The van der Waals surface area contributed by atoms with Crippen LogP contribution in [0, 0.1) is 0 Å². The number of nitrogens with two attached hydrogens (primary N) is 1. The van der Waals surface area contributed by atoms with Gasteiger partial charge in [0.05, 0.1) is 24.6 Å². The Labute approximate surface area is 204 Å². The highest BCUT2D eigenvalue weighted by molar-refractivity contribution is 6.08. The maximum Gasteiger partial charge on any atom is 0.339 e. The van der Waals surface area contributed by atoms with Gasteiger partial charge in [-0.2, -0.15) is 0 Å². The standard InChI is InChI=1S/C24H30N6O5/c1-4-26-7-6-21(25)29-23(31)17-10-18(34-16(2)15-33-3)12-19(11-17)35-22-14-27-20(13-28-22)24(32)30-8-5-9-30/h6-7,10-14,16,26H,4-5,8-9,15H2,1-3H3,(H2,25,29,31)/p+1/b7-6-/t16-/m0/s1. The third-order valence-electron chi connectivity index (χ3n) is 4.94. The number of nitrogens with zero attached hydrogens (tertiary/aromatic N) is 3. The van der Waals surface area contributed by atoms with Crippen molar-refractivity contribution in [2.75, 3.05) is 33.4 Å². The van der Waals surface area contributed by atoms with Crippen molar-refractivity contribution in [3.63, 3.8) is 0 Å². The minimum atomic E-state index is -0.445. The molecule has 1 atom stereocenters. The Kier molecular flexibility index (Phi) is 9.13. The molecular formula is C24H31N6O5+. The highest BCUT2D eigenvalue weighted by atomic mass is 16.5. The largest absolute Gasteiger partial charge is 0.488 e. The molecule has 1 fully saturated rings. The molecule has 0 aliphatic carbocycles. The topological polar surface area (TPSA) is 140 Å². The number of nitrogens with one attached hydrogen (secondary N) is 2. The van der Waals surface area contributed by atoms with E-state index in [4.69, 9.17) is 19.6 Å². The molecule has 35 heavy (non-hydrogen) atoms. The lowest BCUT2D eigenvalue weighted by Gasteiger charge is -2.30. The lowest BCUT2D eigenvalue weighted by molar-refractivity contribution is -0.115. The van der Waals surface area contributed by atoms with E-state index < -0.39 is 5.91 Å². The molecule has 11 heteroatoms. The van der Waals surface area contributed by atoms with Crippen LogP contribution in [0.25, 0.3) is 0 Å². The number of amides is 2. The normalized spacial score (nSPS) is 13.6. The van der Waals surface area contributed by atoms with Crippen LogP contribution >= 0.6 is 0 Å².